The molecule has 100 valence electrons. The van der Waals surface area contributed by atoms with Gasteiger partial charge in [0, 0.05) is 0 Å². The van der Waals surface area contributed by atoms with E-state index in [1.807, 2.05) is 13.8 Å². The van der Waals surface area contributed by atoms with Crippen molar-refractivity contribution in [3.63, 3.8) is 0 Å². The van der Waals surface area contributed by atoms with Gasteiger partial charge in [0.05, 0.1) is 6.10 Å². The first kappa shape index (κ1) is 13.1. The van der Waals surface area contributed by atoms with Crippen molar-refractivity contribution in [2.24, 2.45) is 0 Å². The quantitative estimate of drug-likeness (QED) is 0.918. The Labute approximate surface area is 110 Å². The van der Waals surface area contributed by atoms with Crippen LogP contribution in [-0.4, -0.2) is 16.1 Å². The average Bonchev–Trinajstić information content (AvgIpc) is 2.36. The number of anilines is 1. The maximum atomic E-state index is 12.8. The van der Waals surface area contributed by atoms with Crippen LogP contribution in [0.25, 0.3) is 0 Å². The van der Waals surface area contributed by atoms with Crippen LogP contribution in [0, 0.1) is 5.82 Å². The van der Waals surface area contributed by atoms with E-state index in [1.54, 1.807) is 0 Å². The summed E-state index contributed by atoms with van der Waals surface area (Å²) in [6, 6.07) is 5.55. The Bertz CT molecular complexity index is 558. The van der Waals surface area contributed by atoms with E-state index in [-0.39, 0.29) is 29.4 Å². The molecule has 0 aliphatic carbocycles. The molecule has 0 saturated carbocycles. The molecular formula is C13H14FN3O2. The van der Waals surface area contributed by atoms with Crippen molar-refractivity contribution < 1.29 is 13.9 Å². The molecule has 2 rings (SSSR count). The second kappa shape index (κ2) is 5.51. The molecule has 5 nitrogen and oxygen atoms in total. The van der Waals surface area contributed by atoms with Gasteiger partial charge in [-0.2, -0.15) is 9.97 Å². The normalized spacial score (nSPS) is 10.5. The lowest BCUT2D eigenvalue weighted by Crippen LogP contribution is -2.10. The van der Waals surface area contributed by atoms with Crippen LogP contribution in [0.1, 0.15) is 13.8 Å². The third-order valence-electron chi connectivity index (χ3n) is 2.19. The highest BCUT2D eigenvalue weighted by molar-refractivity contribution is 5.56. The van der Waals surface area contributed by atoms with Crippen LogP contribution in [0.4, 0.5) is 10.1 Å². The Morgan fingerprint density at radius 1 is 1.11 bits per heavy atom. The lowest BCUT2D eigenvalue weighted by Gasteiger charge is -2.12. The molecule has 0 aliphatic heterocycles. The summed E-state index contributed by atoms with van der Waals surface area (Å²) in [5.74, 6) is 0.536. The molecule has 0 spiro atoms. The molecule has 2 N–H and O–H groups in total. The number of halogens is 1. The van der Waals surface area contributed by atoms with E-state index in [1.165, 1.54) is 30.6 Å². The van der Waals surface area contributed by atoms with Crippen LogP contribution in [-0.2, 0) is 0 Å². The highest BCUT2D eigenvalue weighted by Crippen LogP contribution is 2.30. The Hall–Kier alpha value is -2.37. The van der Waals surface area contributed by atoms with Crippen molar-refractivity contribution in [1.29, 1.82) is 0 Å². The lowest BCUT2D eigenvalue weighted by molar-refractivity contribution is 0.232. The summed E-state index contributed by atoms with van der Waals surface area (Å²) in [6.45, 7) is 3.73. The minimum absolute atomic E-state index is 0.0594. The summed E-state index contributed by atoms with van der Waals surface area (Å²) in [5.41, 5.74) is 6.07. The number of nitrogens with zero attached hydrogens (tertiary/aromatic N) is 2. The molecule has 0 atom stereocenters. The van der Waals surface area contributed by atoms with Gasteiger partial charge < -0.3 is 15.2 Å². The second-order valence-electron chi connectivity index (χ2n) is 4.12. The topological polar surface area (TPSA) is 70.3 Å². The third-order valence-corrected chi connectivity index (χ3v) is 2.19. The monoisotopic (exact) mass is 263 g/mol. The highest BCUT2D eigenvalue weighted by Gasteiger charge is 2.12. The summed E-state index contributed by atoms with van der Waals surface area (Å²) in [5, 5.41) is 0. The number of nitrogens with two attached hydrogens (primary N) is 1. The van der Waals surface area contributed by atoms with Crippen molar-refractivity contribution in [1.82, 2.24) is 9.97 Å². The second-order valence-corrected chi connectivity index (χ2v) is 4.12. The zero-order chi connectivity index (χ0) is 13.8. The standard InChI is InChI=1S/C13H14FN3O2/c1-8(2)18-12-11(15)13(17-7-16-12)19-10-5-3-9(14)4-6-10/h3-8H,15H2,1-2H3. The van der Waals surface area contributed by atoms with Gasteiger partial charge in [-0.15, -0.1) is 0 Å². The van der Waals surface area contributed by atoms with E-state index < -0.39 is 0 Å². The molecule has 1 heterocycles. The van der Waals surface area contributed by atoms with E-state index in [9.17, 15) is 4.39 Å². The SMILES string of the molecule is CC(C)Oc1ncnc(Oc2ccc(F)cc2)c1N. The van der Waals surface area contributed by atoms with Gasteiger partial charge in [0.15, 0.2) is 5.69 Å². The molecule has 2 aromatic rings. The van der Waals surface area contributed by atoms with Crippen molar-refractivity contribution in [3.05, 3.63) is 36.4 Å². The van der Waals surface area contributed by atoms with Gasteiger partial charge in [-0.3, -0.25) is 0 Å². The summed E-state index contributed by atoms with van der Waals surface area (Å²) < 4.78 is 23.7. The average molecular weight is 263 g/mol. The minimum atomic E-state index is -0.341. The number of nitrogen functional groups attached to an aromatic ring is 1. The number of benzene rings is 1. The molecule has 0 bridgehead atoms. The Morgan fingerprint density at radius 3 is 2.37 bits per heavy atom. The number of hydrogen-bond acceptors (Lipinski definition) is 5. The van der Waals surface area contributed by atoms with E-state index in [0.29, 0.717) is 5.75 Å². The van der Waals surface area contributed by atoms with Crippen LogP contribution >= 0.6 is 0 Å². The van der Waals surface area contributed by atoms with Gasteiger partial charge in [-0.25, -0.2) is 4.39 Å². The molecule has 0 amide bonds. The van der Waals surface area contributed by atoms with Crippen LogP contribution in [0.5, 0.6) is 17.5 Å². The molecule has 0 unspecified atom stereocenters. The summed E-state index contributed by atoms with van der Waals surface area (Å²) in [4.78, 5) is 7.87. The van der Waals surface area contributed by atoms with Crippen LogP contribution < -0.4 is 15.2 Å². The highest BCUT2D eigenvalue weighted by atomic mass is 19.1. The third kappa shape index (κ3) is 3.31. The number of aromatic nitrogens is 2. The first-order valence-electron chi connectivity index (χ1n) is 5.77. The summed E-state index contributed by atoms with van der Waals surface area (Å²) >= 11 is 0. The molecule has 0 saturated heterocycles. The van der Waals surface area contributed by atoms with Crippen molar-refractivity contribution in [2.45, 2.75) is 20.0 Å². The van der Waals surface area contributed by atoms with E-state index >= 15 is 0 Å². The summed E-state index contributed by atoms with van der Waals surface area (Å²) in [6.07, 6.45) is 1.24. The van der Waals surface area contributed by atoms with Gasteiger partial charge >= 0.3 is 0 Å². The van der Waals surface area contributed by atoms with Crippen molar-refractivity contribution in [2.75, 3.05) is 5.73 Å². The molecular weight excluding hydrogens is 249 g/mol. The van der Waals surface area contributed by atoms with E-state index in [0.717, 1.165) is 0 Å². The molecule has 1 aromatic carbocycles. The Balaban J connectivity index is 2.23. The molecule has 0 radical (unpaired) electrons. The van der Waals surface area contributed by atoms with Crippen LogP contribution in [0.2, 0.25) is 0 Å². The molecule has 6 heteroatoms. The number of rotatable bonds is 4. The van der Waals surface area contributed by atoms with Gasteiger partial charge in [-0.1, -0.05) is 0 Å². The van der Waals surface area contributed by atoms with Gasteiger partial charge in [-0.05, 0) is 38.1 Å². The fourth-order valence-corrected chi connectivity index (χ4v) is 1.38. The van der Waals surface area contributed by atoms with E-state index in [4.69, 9.17) is 15.2 Å². The fraction of sp³-hybridized carbons (Fsp3) is 0.231. The summed E-state index contributed by atoms with van der Waals surface area (Å²) in [7, 11) is 0. The van der Waals surface area contributed by atoms with Crippen LogP contribution in [0.3, 0.4) is 0 Å². The van der Waals surface area contributed by atoms with Gasteiger partial charge in [0.2, 0.25) is 11.8 Å². The van der Waals surface area contributed by atoms with E-state index in [2.05, 4.69) is 9.97 Å². The molecule has 1 aromatic heterocycles. The zero-order valence-corrected chi connectivity index (χ0v) is 10.6. The van der Waals surface area contributed by atoms with Gasteiger partial charge in [0.1, 0.15) is 17.9 Å². The molecule has 0 fully saturated rings. The maximum Gasteiger partial charge on any atom is 0.249 e. The van der Waals surface area contributed by atoms with Crippen molar-refractivity contribution in [3.8, 4) is 17.5 Å². The molecule has 0 aliphatic rings. The van der Waals surface area contributed by atoms with Crippen molar-refractivity contribution >= 4 is 5.69 Å². The Morgan fingerprint density at radius 2 is 1.74 bits per heavy atom. The first-order chi connectivity index (χ1) is 9.06. The minimum Gasteiger partial charge on any atom is -0.473 e. The predicted molar refractivity (Wildman–Crippen MR) is 68.7 cm³/mol. The number of hydrogen-bond donors (Lipinski definition) is 1. The Kier molecular flexibility index (Phi) is 3.79. The predicted octanol–water partition coefficient (Wildman–Crippen LogP) is 2.78. The zero-order valence-electron chi connectivity index (χ0n) is 10.6. The fourth-order valence-electron chi connectivity index (χ4n) is 1.38. The number of ether oxygens (including phenoxy) is 2. The smallest absolute Gasteiger partial charge is 0.249 e. The lowest BCUT2D eigenvalue weighted by atomic mass is 10.3. The largest absolute Gasteiger partial charge is 0.473 e. The van der Waals surface area contributed by atoms with Gasteiger partial charge in [0.25, 0.3) is 0 Å². The maximum absolute atomic E-state index is 12.8. The molecule has 19 heavy (non-hydrogen) atoms. The van der Waals surface area contributed by atoms with Crippen LogP contribution in [0.15, 0.2) is 30.6 Å². The first-order valence-corrected chi connectivity index (χ1v) is 5.77.